The first-order chi connectivity index (χ1) is 18.6. The van der Waals surface area contributed by atoms with Crippen LogP contribution in [0.3, 0.4) is 0 Å². The van der Waals surface area contributed by atoms with E-state index in [1.807, 2.05) is 59.3 Å². The molecule has 2 aromatic heterocycles. The van der Waals surface area contributed by atoms with Crippen LogP contribution in [0.4, 0.5) is 5.95 Å². The number of carbonyl (C=O) groups is 1. The van der Waals surface area contributed by atoms with E-state index in [9.17, 15) is 4.79 Å². The molecule has 7 heteroatoms. The van der Waals surface area contributed by atoms with E-state index < -0.39 is 11.5 Å². The van der Waals surface area contributed by atoms with Crippen molar-refractivity contribution in [3.05, 3.63) is 131 Å². The van der Waals surface area contributed by atoms with Crippen molar-refractivity contribution < 1.29 is 9.53 Å². The van der Waals surface area contributed by atoms with E-state index in [-0.39, 0.29) is 12.6 Å². The normalized spacial score (nSPS) is 12.4. The molecule has 38 heavy (non-hydrogen) atoms. The number of benzene rings is 3. The zero-order valence-electron chi connectivity index (χ0n) is 21.0. The Morgan fingerprint density at radius 1 is 0.895 bits per heavy atom. The third-order valence-electron chi connectivity index (χ3n) is 7.10. The molecule has 5 aromatic rings. The van der Waals surface area contributed by atoms with Gasteiger partial charge in [-0.05, 0) is 42.0 Å². The van der Waals surface area contributed by atoms with Crippen LogP contribution >= 0.6 is 0 Å². The molecule has 0 saturated heterocycles. The van der Waals surface area contributed by atoms with E-state index >= 15 is 0 Å². The molecule has 0 radical (unpaired) electrons. The second kappa shape index (κ2) is 9.59. The first kappa shape index (κ1) is 23.6. The van der Waals surface area contributed by atoms with Crippen molar-refractivity contribution in [3.63, 3.8) is 0 Å². The molecule has 1 aliphatic rings. The van der Waals surface area contributed by atoms with Gasteiger partial charge >= 0.3 is 5.97 Å². The minimum Gasteiger partial charge on any atom is -0.461 e. The Morgan fingerprint density at radius 2 is 1.45 bits per heavy atom. The molecule has 0 atom stereocenters. The highest BCUT2D eigenvalue weighted by Crippen LogP contribution is 2.46. The number of ether oxygens (including phenoxy) is 1. The number of aryl methyl sites for hydroxylation is 1. The van der Waals surface area contributed by atoms with E-state index in [2.05, 4.69) is 46.4 Å². The maximum absolute atomic E-state index is 13.3. The lowest BCUT2D eigenvalue weighted by Crippen LogP contribution is -2.39. The second-order valence-electron chi connectivity index (χ2n) is 9.22. The number of nitrogen functional groups attached to an aromatic ring is 1. The second-order valence-corrected chi connectivity index (χ2v) is 9.22. The van der Waals surface area contributed by atoms with Crippen LogP contribution in [-0.4, -0.2) is 32.3 Å². The van der Waals surface area contributed by atoms with E-state index in [0.29, 0.717) is 24.2 Å². The summed E-state index contributed by atoms with van der Waals surface area (Å²) in [6.07, 6.45) is 3.06. The minimum absolute atomic E-state index is 0.173. The van der Waals surface area contributed by atoms with Crippen LogP contribution in [0.25, 0.3) is 11.4 Å². The monoisotopic (exact) mass is 501 g/mol. The molecule has 0 amide bonds. The van der Waals surface area contributed by atoms with Crippen molar-refractivity contribution in [2.24, 2.45) is 0 Å². The average molecular weight is 502 g/mol. The summed E-state index contributed by atoms with van der Waals surface area (Å²) in [5.74, 6) is -0.275. The molecule has 0 aliphatic heterocycles. The molecular formula is C31H27N5O2. The molecule has 3 aromatic carbocycles. The SMILES string of the molecule is CCOC(=O)c1nn(C(c2ccccc2)(c2ccccc2)c2ccccc2)c2c1CCc1cnc(N)nc1-2. The number of hydrogen-bond donors (Lipinski definition) is 1. The molecule has 2 heterocycles. The van der Waals surface area contributed by atoms with Gasteiger partial charge in [-0.25, -0.2) is 19.4 Å². The topological polar surface area (TPSA) is 95.9 Å². The minimum atomic E-state index is -0.924. The highest BCUT2D eigenvalue weighted by atomic mass is 16.5. The molecule has 6 rings (SSSR count). The summed E-state index contributed by atoms with van der Waals surface area (Å²) in [6.45, 7) is 2.06. The number of nitrogens with zero attached hydrogens (tertiary/aromatic N) is 4. The molecule has 0 spiro atoms. The summed E-state index contributed by atoms with van der Waals surface area (Å²) >= 11 is 0. The van der Waals surface area contributed by atoms with E-state index in [1.54, 1.807) is 13.1 Å². The van der Waals surface area contributed by atoms with Crippen LogP contribution in [0.2, 0.25) is 0 Å². The van der Waals surface area contributed by atoms with Gasteiger partial charge in [-0.15, -0.1) is 0 Å². The summed E-state index contributed by atoms with van der Waals surface area (Å²) in [7, 11) is 0. The molecule has 1 aliphatic carbocycles. The number of carbonyl (C=O) groups excluding carboxylic acids is 1. The Labute approximate surface area is 221 Å². The van der Waals surface area contributed by atoms with Crippen LogP contribution < -0.4 is 5.73 Å². The predicted octanol–water partition coefficient (Wildman–Crippen LogP) is 5.04. The van der Waals surface area contributed by atoms with Crippen molar-refractivity contribution >= 4 is 11.9 Å². The lowest BCUT2D eigenvalue weighted by Gasteiger charge is -2.38. The van der Waals surface area contributed by atoms with Crippen LogP contribution in [-0.2, 0) is 23.1 Å². The van der Waals surface area contributed by atoms with Gasteiger partial charge in [-0.1, -0.05) is 91.0 Å². The molecule has 188 valence electrons. The van der Waals surface area contributed by atoms with Gasteiger partial charge < -0.3 is 10.5 Å². The fourth-order valence-corrected chi connectivity index (χ4v) is 5.51. The molecule has 0 saturated carbocycles. The Hall–Kier alpha value is -4.78. The van der Waals surface area contributed by atoms with Crippen molar-refractivity contribution in [1.29, 1.82) is 0 Å². The Balaban J connectivity index is 1.80. The fourth-order valence-electron chi connectivity index (χ4n) is 5.51. The molecular weight excluding hydrogens is 474 g/mol. The van der Waals surface area contributed by atoms with Crippen LogP contribution in [0.1, 0.15) is 45.2 Å². The van der Waals surface area contributed by atoms with E-state index in [1.165, 1.54) is 0 Å². The average Bonchev–Trinajstić information content (AvgIpc) is 3.36. The maximum atomic E-state index is 13.3. The van der Waals surface area contributed by atoms with Gasteiger partial charge in [0.15, 0.2) is 5.69 Å². The zero-order chi connectivity index (χ0) is 26.1. The third-order valence-corrected chi connectivity index (χ3v) is 7.10. The van der Waals surface area contributed by atoms with Gasteiger partial charge in [0.2, 0.25) is 5.95 Å². The summed E-state index contributed by atoms with van der Waals surface area (Å²) in [5, 5.41) is 5.08. The van der Waals surface area contributed by atoms with Crippen LogP contribution in [0.5, 0.6) is 0 Å². The first-order valence-corrected chi connectivity index (χ1v) is 12.7. The van der Waals surface area contributed by atoms with Crippen molar-refractivity contribution in [2.45, 2.75) is 25.3 Å². The highest BCUT2D eigenvalue weighted by Gasteiger charge is 2.44. The molecule has 2 N–H and O–H groups in total. The molecule has 0 fully saturated rings. The molecule has 0 unspecified atom stereocenters. The van der Waals surface area contributed by atoms with Gasteiger partial charge in [0.25, 0.3) is 0 Å². The van der Waals surface area contributed by atoms with Crippen LogP contribution in [0, 0.1) is 0 Å². The number of anilines is 1. The first-order valence-electron chi connectivity index (χ1n) is 12.7. The van der Waals surface area contributed by atoms with Gasteiger partial charge in [0.05, 0.1) is 18.0 Å². The number of fused-ring (bicyclic) bond motifs is 3. The molecule has 7 nitrogen and oxygen atoms in total. The van der Waals surface area contributed by atoms with Crippen LogP contribution in [0.15, 0.2) is 97.2 Å². The number of esters is 1. The number of rotatable bonds is 6. The Kier molecular flexibility index (Phi) is 5.96. The van der Waals surface area contributed by atoms with E-state index in [4.69, 9.17) is 15.6 Å². The highest BCUT2D eigenvalue weighted by molar-refractivity contribution is 5.92. The summed E-state index contributed by atoms with van der Waals surface area (Å²) in [4.78, 5) is 22.2. The summed E-state index contributed by atoms with van der Waals surface area (Å²) in [6, 6.07) is 30.7. The summed E-state index contributed by atoms with van der Waals surface area (Å²) in [5.41, 5.74) is 11.7. The number of aromatic nitrogens is 4. The Bertz CT molecular complexity index is 1500. The largest absolute Gasteiger partial charge is 0.461 e. The van der Waals surface area contributed by atoms with Gasteiger partial charge in [0.1, 0.15) is 5.54 Å². The number of nitrogens with two attached hydrogens (primary N) is 1. The standard InChI is InChI=1S/C31H27N5O2/c1-2-38-29(37)27-25-19-18-21-20-33-30(32)34-26(21)28(25)36(35-27)31(22-12-6-3-7-13-22,23-14-8-4-9-15-23)24-16-10-5-11-17-24/h3-17,20H,2,18-19H2,1H3,(H2,32,33,34). The fraction of sp³-hybridized carbons (Fsp3) is 0.161. The quantitative estimate of drug-likeness (QED) is 0.259. The maximum Gasteiger partial charge on any atom is 0.359 e. The third kappa shape index (κ3) is 3.66. The molecule has 0 bridgehead atoms. The van der Waals surface area contributed by atoms with Crippen molar-refractivity contribution in [2.75, 3.05) is 12.3 Å². The zero-order valence-corrected chi connectivity index (χ0v) is 21.0. The number of hydrogen-bond acceptors (Lipinski definition) is 6. The van der Waals surface area contributed by atoms with Crippen molar-refractivity contribution in [3.8, 4) is 11.4 Å². The lowest BCUT2D eigenvalue weighted by molar-refractivity contribution is 0.0516. The van der Waals surface area contributed by atoms with Gasteiger partial charge in [0, 0.05) is 11.8 Å². The predicted molar refractivity (Wildman–Crippen MR) is 146 cm³/mol. The van der Waals surface area contributed by atoms with Gasteiger partial charge in [-0.3, -0.25) is 0 Å². The van der Waals surface area contributed by atoms with E-state index in [0.717, 1.165) is 33.5 Å². The smallest absolute Gasteiger partial charge is 0.359 e. The Morgan fingerprint density at radius 3 is 1.97 bits per heavy atom. The van der Waals surface area contributed by atoms with Gasteiger partial charge in [-0.2, -0.15) is 5.10 Å². The lowest BCUT2D eigenvalue weighted by atomic mass is 9.76. The summed E-state index contributed by atoms with van der Waals surface area (Å²) < 4.78 is 7.43. The van der Waals surface area contributed by atoms with Crippen molar-refractivity contribution in [1.82, 2.24) is 19.7 Å².